The number of nitrogens with one attached hydrogen (secondary N) is 1. The minimum Gasteiger partial charge on any atom is -0.425 e. The van der Waals surface area contributed by atoms with E-state index in [4.69, 9.17) is 4.74 Å². The smallest absolute Gasteiger partial charge is 0.421 e. The Morgan fingerprint density at radius 3 is 2.41 bits per heavy atom. The fraction of sp³-hybridized carbons (Fsp3) is 0.278. The molecule has 1 aliphatic rings. The summed E-state index contributed by atoms with van der Waals surface area (Å²) in [6, 6.07) is 7.65. The number of hydrogen-bond donors (Lipinski definition) is 1. The van der Waals surface area contributed by atoms with E-state index in [0.717, 1.165) is 25.1 Å². The first-order valence-electron chi connectivity index (χ1n) is 8.12. The fourth-order valence-corrected chi connectivity index (χ4v) is 2.38. The zero-order valence-corrected chi connectivity index (χ0v) is 14.0. The summed E-state index contributed by atoms with van der Waals surface area (Å²) in [4.78, 5) is 35.4. The lowest BCUT2D eigenvalue weighted by atomic mass is 10.2. The molecular formula is C18H15F3N2O4. The first-order chi connectivity index (χ1) is 12.7. The third-order valence-corrected chi connectivity index (χ3v) is 3.93. The lowest BCUT2D eigenvalue weighted by molar-refractivity contribution is -0.140. The SMILES string of the molecule is O=C(Cn1cccc(C(F)(F)F)c1=O)Oc1ccc(NC(=O)C2CC2)cc1. The molecule has 1 amide bonds. The predicted molar refractivity (Wildman–Crippen MR) is 89.1 cm³/mol. The summed E-state index contributed by atoms with van der Waals surface area (Å²) in [6.07, 6.45) is -1.98. The third kappa shape index (κ3) is 4.75. The number of nitrogens with zero attached hydrogens (tertiary/aromatic N) is 1. The van der Waals surface area contributed by atoms with E-state index >= 15 is 0 Å². The molecule has 1 aliphatic carbocycles. The van der Waals surface area contributed by atoms with Gasteiger partial charge in [-0.2, -0.15) is 13.2 Å². The number of rotatable bonds is 5. The van der Waals surface area contributed by atoms with Crippen LogP contribution in [0, 0.1) is 5.92 Å². The van der Waals surface area contributed by atoms with Gasteiger partial charge in [-0.1, -0.05) is 0 Å². The van der Waals surface area contributed by atoms with Crippen LogP contribution in [0.1, 0.15) is 18.4 Å². The van der Waals surface area contributed by atoms with E-state index in [9.17, 15) is 27.6 Å². The number of ether oxygens (including phenoxy) is 1. The molecule has 0 aliphatic heterocycles. The zero-order valence-electron chi connectivity index (χ0n) is 14.0. The number of pyridine rings is 1. The second kappa shape index (κ2) is 7.26. The molecule has 0 spiro atoms. The number of amides is 1. The Bertz CT molecular complexity index is 915. The molecule has 1 saturated carbocycles. The van der Waals surface area contributed by atoms with E-state index < -0.39 is 29.8 Å². The normalized spacial score (nSPS) is 13.9. The maximum absolute atomic E-state index is 12.7. The summed E-state index contributed by atoms with van der Waals surface area (Å²) in [5.74, 6) is -0.771. The van der Waals surface area contributed by atoms with Crippen molar-refractivity contribution in [3.05, 3.63) is 58.5 Å². The molecule has 1 aromatic heterocycles. The number of hydrogen-bond acceptors (Lipinski definition) is 4. The van der Waals surface area contributed by atoms with E-state index in [1.165, 1.54) is 12.1 Å². The van der Waals surface area contributed by atoms with Crippen LogP contribution in [0.3, 0.4) is 0 Å². The van der Waals surface area contributed by atoms with Crippen molar-refractivity contribution in [2.45, 2.75) is 25.6 Å². The zero-order chi connectivity index (χ0) is 19.6. The van der Waals surface area contributed by atoms with Gasteiger partial charge in [0.05, 0.1) is 0 Å². The van der Waals surface area contributed by atoms with Crippen molar-refractivity contribution in [1.82, 2.24) is 4.57 Å². The van der Waals surface area contributed by atoms with Crippen LogP contribution in [0.5, 0.6) is 5.75 Å². The molecule has 0 saturated heterocycles. The second-order valence-electron chi connectivity index (χ2n) is 6.11. The largest absolute Gasteiger partial charge is 0.425 e. The van der Waals surface area contributed by atoms with Gasteiger partial charge in [-0.05, 0) is 49.2 Å². The van der Waals surface area contributed by atoms with Crippen LogP contribution >= 0.6 is 0 Å². The average molecular weight is 380 g/mol. The highest BCUT2D eigenvalue weighted by Crippen LogP contribution is 2.30. The number of alkyl halides is 3. The lowest BCUT2D eigenvalue weighted by Gasteiger charge is -2.10. The molecule has 0 bridgehead atoms. The van der Waals surface area contributed by atoms with Crippen LogP contribution in [-0.4, -0.2) is 16.4 Å². The summed E-state index contributed by atoms with van der Waals surface area (Å²) >= 11 is 0. The third-order valence-electron chi connectivity index (χ3n) is 3.93. The number of halogens is 3. The Balaban J connectivity index is 1.62. The first kappa shape index (κ1) is 18.7. The van der Waals surface area contributed by atoms with Crippen molar-refractivity contribution in [2.75, 3.05) is 5.32 Å². The molecule has 3 rings (SSSR count). The Hall–Kier alpha value is -3.10. The topological polar surface area (TPSA) is 77.4 Å². The van der Waals surface area contributed by atoms with Crippen molar-refractivity contribution in [3.63, 3.8) is 0 Å². The highest BCUT2D eigenvalue weighted by atomic mass is 19.4. The van der Waals surface area contributed by atoms with Gasteiger partial charge in [-0.3, -0.25) is 9.59 Å². The molecule has 142 valence electrons. The summed E-state index contributed by atoms with van der Waals surface area (Å²) in [7, 11) is 0. The van der Waals surface area contributed by atoms with E-state index in [-0.39, 0.29) is 17.6 Å². The molecule has 0 unspecified atom stereocenters. The summed E-state index contributed by atoms with van der Waals surface area (Å²) < 4.78 is 43.9. The van der Waals surface area contributed by atoms with Crippen molar-refractivity contribution in [1.29, 1.82) is 0 Å². The van der Waals surface area contributed by atoms with Gasteiger partial charge in [-0.15, -0.1) is 0 Å². The Kier molecular flexibility index (Phi) is 5.02. The quantitative estimate of drug-likeness (QED) is 0.639. The number of carbonyl (C=O) groups is 2. The maximum atomic E-state index is 12.7. The van der Waals surface area contributed by atoms with Gasteiger partial charge < -0.3 is 14.6 Å². The monoisotopic (exact) mass is 380 g/mol. The van der Waals surface area contributed by atoms with Crippen LogP contribution in [0.2, 0.25) is 0 Å². The molecule has 1 aromatic carbocycles. The number of carbonyl (C=O) groups excluding carboxylic acids is 2. The van der Waals surface area contributed by atoms with E-state index in [1.807, 2.05) is 0 Å². The van der Waals surface area contributed by atoms with Gasteiger partial charge in [0.2, 0.25) is 5.91 Å². The van der Waals surface area contributed by atoms with Crippen molar-refractivity contribution < 1.29 is 27.5 Å². The van der Waals surface area contributed by atoms with E-state index in [0.29, 0.717) is 16.3 Å². The molecule has 0 radical (unpaired) electrons. The predicted octanol–water partition coefficient (Wildman–Crippen LogP) is 2.82. The molecule has 0 atom stereocenters. The standard InChI is InChI=1S/C18H15F3N2O4/c19-18(20,21)14-2-1-9-23(17(14)26)10-15(24)27-13-7-5-12(6-8-13)22-16(25)11-3-4-11/h1-2,5-9,11H,3-4,10H2,(H,22,25). The first-order valence-corrected chi connectivity index (χ1v) is 8.12. The van der Waals surface area contributed by atoms with Gasteiger partial charge in [0.1, 0.15) is 17.9 Å². The van der Waals surface area contributed by atoms with E-state index in [2.05, 4.69) is 5.32 Å². The molecule has 1 heterocycles. The molecule has 1 fully saturated rings. The second-order valence-corrected chi connectivity index (χ2v) is 6.11. The molecular weight excluding hydrogens is 365 g/mol. The Labute approximate surface area is 151 Å². The Morgan fingerprint density at radius 1 is 1.15 bits per heavy atom. The summed E-state index contributed by atoms with van der Waals surface area (Å²) in [5, 5.41) is 2.72. The summed E-state index contributed by atoms with van der Waals surface area (Å²) in [5.41, 5.74) is -2.13. The minimum absolute atomic E-state index is 0.0493. The molecule has 27 heavy (non-hydrogen) atoms. The van der Waals surface area contributed by atoms with Crippen LogP contribution in [0.25, 0.3) is 0 Å². The molecule has 1 N–H and O–H groups in total. The van der Waals surface area contributed by atoms with Gasteiger partial charge in [0, 0.05) is 17.8 Å². The number of anilines is 1. The van der Waals surface area contributed by atoms with Crippen LogP contribution < -0.4 is 15.6 Å². The molecule has 2 aromatic rings. The molecule has 6 nitrogen and oxygen atoms in total. The number of aromatic nitrogens is 1. The van der Waals surface area contributed by atoms with Gasteiger partial charge in [0.15, 0.2) is 0 Å². The fourth-order valence-electron chi connectivity index (χ4n) is 2.38. The van der Waals surface area contributed by atoms with Crippen LogP contribution in [0.4, 0.5) is 18.9 Å². The van der Waals surface area contributed by atoms with Crippen molar-refractivity contribution in [3.8, 4) is 5.75 Å². The molecule has 9 heteroatoms. The van der Waals surface area contributed by atoms with Crippen molar-refractivity contribution in [2.24, 2.45) is 5.92 Å². The van der Waals surface area contributed by atoms with Gasteiger partial charge in [0.25, 0.3) is 5.56 Å². The average Bonchev–Trinajstić information content (AvgIpc) is 3.42. The highest BCUT2D eigenvalue weighted by molar-refractivity contribution is 5.94. The van der Waals surface area contributed by atoms with E-state index in [1.54, 1.807) is 12.1 Å². The van der Waals surface area contributed by atoms with Crippen LogP contribution in [-0.2, 0) is 22.3 Å². The van der Waals surface area contributed by atoms with Gasteiger partial charge >= 0.3 is 12.1 Å². The van der Waals surface area contributed by atoms with Crippen LogP contribution in [0.15, 0.2) is 47.4 Å². The highest BCUT2D eigenvalue weighted by Gasteiger charge is 2.34. The lowest BCUT2D eigenvalue weighted by Crippen LogP contribution is -2.31. The maximum Gasteiger partial charge on any atom is 0.421 e. The Morgan fingerprint density at radius 2 is 1.81 bits per heavy atom. The number of esters is 1. The summed E-state index contributed by atoms with van der Waals surface area (Å²) in [6.45, 7) is -0.664. The minimum atomic E-state index is -4.80. The van der Waals surface area contributed by atoms with Crippen molar-refractivity contribution >= 4 is 17.6 Å². The van der Waals surface area contributed by atoms with Gasteiger partial charge in [-0.25, -0.2) is 4.79 Å². The number of benzene rings is 1.